The molecule has 0 bridgehead atoms. The van der Waals surface area contributed by atoms with Crippen molar-refractivity contribution >= 4 is 60.7 Å². The Kier molecular flexibility index (Phi) is 8.61. The van der Waals surface area contributed by atoms with E-state index in [0.717, 1.165) is 60.4 Å². The second-order valence-electron chi connectivity index (χ2n) is 14.8. The molecule has 0 saturated heterocycles. The zero-order chi connectivity index (χ0) is 42.6. The Labute approximate surface area is 355 Å². The highest BCUT2D eigenvalue weighted by Crippen LogP contribution is 2.44. The van der Waals surface area contributed by atoms with Gasteiger partial charge in [0.25, 0.3) is 0 Å². The predicted molar refractivity (Wildman–Crippen MR) is 243 cm³/mol. The summed E-state index contributed by atoms with van der Waals surface area (Å²) in [5.74, 6) is 1.44. The van der Waals surface area contributed by atoms with E-state index in [1.54, 1.807) is 24.3 Å². The van der Waals surface area contributed by atoms with Crippen molar-refractivity contribution in [2.24, 2.45) is 0 Å². The van der Waals surface area contributed by atoms with E-state index in [1.165, 1.54) is 0 Å². The molecule has 0 aliphatic heterocycles. The van der Waals surface area contributed by atoms with E-state index in [-0.39, 0.29) is 0 Å². The molecule has 286 valence electrons. The summed E-state index contributed by atoms with van der Waals surface area (Å²) in [5, 5.41) is 23.8. The van der Waals surface area contributed by atoms with E-state index in [4.69, 9.17) is 29.7 Å². The van der Waals surface area contributed by atoms with Crippen LogP contribution in [0.15, 0.2) is 133 Å². The topological polar surface area (TPSA) is 109 Å². The molecule has 0 aliphatic rings. The lowest BCUT2D eigenvalue weighted by Gasteiger charge is -2.20. The summed E-state index contributed by atoms with van der Waals surface area (Å²) in [5.41, 5.74) is 10.4. The van der Waals surface area contributed by atoms with Crippen molar-refractivity contribution in [3.63, 3.8) is 0 Å². The number of hydrogen-bond donors (Lipinski definition) is 0. The van der Waals surface area contributed by atoms with Gasteiger partial charge in [-0.25, -0.2) is 29.5 Å². The quantitative estimate of drug-likeness (QED) is 0.161. The monoisotopic (exact) mass is 792 g/mol. The van der Waals surface area contributed by atoms with E-state index in [0.29, 0.717) is 68.0 Å². The van der Waals surface area contributed by atoms with Crippen LogP contribution in [0.2, 0.25) is 0 Å². The molecule has 10 nitrogen and oxygen atoms in total. The number of hydrogen-bond acceptors (Lipinski definition) is 5. The SMILES string of the molecule is [C-]#[N+]c1ccc(-c2ccc3c4ccccc4n(-c4cc([N+]#[C-])c(-c5nc(C)nc(C)n5)cc4-n4c5ccccc5c5ccc(-c6ccc(C#N)cc6[N+]#[C-])cc54)c3c2)c(C#N)c1. The van der Waals surface area contributed by atoms with Gasteiger partial charge >= 0.3 is 0 Å². The summed E-state index contributed by atoms with van der Waals surface area (Å²) in [6.45, 7) is 27.7. The number of fused-ring (bicyclic) bond motifs is 6. The molecule has 0 N–H and O–H groups in total. The molecule has 10 rings (SSSR count). The lowest BCUT2D eigenvalue weighted by Crippen LogP contribution is -2.06. The third-order valence-electron chi connectivity index (χ3n) is 11.3. The number of aryl methyl sites for hydroxylation is 2. The standard InChI is InChI=1S/C52H28N10/c1-30-58-31(2)60-52(59-30)43-26-50(61-46-12-8-6-10-39(46)42-20-16-34(25-49(42)61)38-18-14-32(28-53)22-44(38)56-4)51(27-45(43)57-5)62-47-13-9-7-11-40(47)41-19-15-33(24-48(41)62)37-21-17-36(55-3)23-35(37)29-54/h6-27H,1-2H3. The second-order valence-corrected chi connectivity index (χ2v) is 14.8. The number of para-hydroxylation sites is 2. The van der Waals surface area contributed by atoms with Gasteiger partial charge < -0.3 is 9.13 Å². The number of nitriles is 2. The third kappa shape index (κ3) is 5.79. The Morgan fingerprint density at radius 2 is 1.03 bits per heavy atom. The molecular weight excluding hydrogens is 765 g/mol. The maximum absolute atomic E-state index is 10.2. The molecule has 0 atom stereocenters. The first-order chi connectivity index (χ1) is 30.3. The zero-order valence-corrected chi connectivity index (χ0v) is 33.2. The van der Waals surface area contributed by atoms with Crippen LogP contribution in [0.25, 0.3) is 103 Å². The van der Waals surface area contributed by atoms with Gasteiger partial charge in [-0.3, -0.25) is 0 Å². The second kappa shape index (κ2) is 14.5. The Morgan fingerprint density at radius 3 is 1.61 bits per heavy atom. The molecule has 10 heteroatoms. The highest BCUT2D eigenvalue weighted by molar-refractivity contribution is 6.13. The molecule has 0 saturated carbocycles. The van der Waals surface area contributed by atoms with Gasteiger partial charge in [0, 0.05) is 38.2 Å². The Balaban J connectivity index is 1.35. The van der Waals surface area contributed by atoms with Gasteiger partial charge in [-0.1, -0.05) is 78.9 Å². The summed E-state index contributed by atoms with van der Waals surface area (Å²) in [7, 11) is 0. The maximum Gasteiger partial charge on any atom is 0.200 e. The van der Waals surface area contributed by atoms with Gasteiger partial charge in [-0.05, 0) is 90.7 Å². The Bertz CT molecular complexity index is 3770. The first kappa shape index (κ1) is 36.9. The van der Waals surface area contributed by atoms with Crippen molar-refractivity contribution in [1.29, 1.82) is 10.5 Å². The first-order valence-electron chi connectivity index (χ1n) is 19.5. The van der Waals surface area contributed by atoms with Crippen molar-refractivity contribution in [2.45, 2.75) is 13.8 Å². The highest BCUT2D eigenvalue weighted by atomic mass is 15.1. The van der Waals surface area contributed by atoms with E-state index >= 15 is 0 Å². The van der Waals surface area contributed by atoms with Crippen LogP contribution in [-0.4, -0.2) is 24.1 Å². The van der Waals surface area contributed by atoms with Gasteiger partial charge in [-0.2, -0.15) is 10.5 Å². The number of benzene rings is 7. The molecule has 7 aromatic carbocycles. The number of rotatable bonds is 5. The fourth-order valence-electron chi connectivity index (χ4n) is 8.61. The molecule has 0 unspecified atom stereocenters. The molecule has 3 heterocycles. The van der Waals surface area contributed by atoms with Crippen LogP contribution in [0.3, 0.4) is 0 Å². The summed E-state index contributed by atoms with van der Waals surface area (Å²) >= 11 is 0. The average Bonchev–Trinajstić information content (AvgIpc) is 3.82. The van der Waals surface area contributed by atoms with Gasteiger partial charge in [-0.15, -0.1) is 0 Å². The van der Waals surface area contributed by atoms with Crippen LogP contribution < -0.4 is 0 Å². The van der Waals surface area contributed by atoms with Gasteiger partial charge in [0.1, 0.15) is 11.6 Å². The minimum Gasteiger partial charge on any atom is -0.308 e. The Hall–Kier alpha value is -9.40. The Morgan fingerprint density at radius 1 is 0.484 bits per heavy atom. The van der Waals surface area contributed by atoms with Crippen molar-refractivity contribution in [3.8, 4) is 57.2 Å². The van der Waals surface area contributed by atoms with Crippen LogP contribution in [0, 0.1) is 56.2 Å². The van der Waals surface area contributed by atoms with E-state index < -0.39 is 0 Å². The van der Waals surface area contributed by atoms with Crippen LogP contribution in [0.5, 0.6) is 0 Å². The minimum absolute atomic E-state index is 0.345. The van der Waals surface area contributed by atoms with Crippen molar-refractivity contribution in [2.75, 3.05) is 0 Å². The van der Waals surface area contributed by atoms with Crippen LogP contribution >= 0.6 is 0 Å². The highest BCUT2D eigenvalue weighted by Gasteiger charge is 2.24. The van der Waals surface area contributed by atoms with Gasteiger partial charge in [0.15, 0.2) is 22.9 Å². The van der Waals surface area contributed by atoms with E-state index in [2.05, 4.69) is 89.3 Å². The largest absolute Gasteiger partial charge is 0.308 e. The van der Waals surface area contributed by atoms with Crippen LogP contribution in [0.4, 0.5) is 17.1 Å². The zero-order valence-electron chi connectivity index (χ0n) is 33.2. The summed E-state index contributed by atoms with van der Waals surface area (Å²) in [6, 6.07) is 47.3. The maximum atomic E-state index is 10.2. The molecule has 0 fully saturated rings. The van der Waals surface area contributed by atoms with E-state index in [1.807, 2.05) is 74.5 Å². The fourth-order valence-corrected chi connectivity index (χ4v) is 8.61. The molecule has 10 aromatic rings. The molecule has 0 aliphatic carbocycles. The molecular formula is C52H28N10. The summed E-state index contributed by atoms with van der Waals surface area (Å²) in [6.07, 6.45) is 0. The normalized spacial score (nSPS) is 11.0. The number of nitrogens with zero attached hydrogens (tertiary/aromatic N) is 10. The summed E-state index contributed by atoms with van der Waals surface area (Å²) in [4.78, 5) is 25.3. The minimum atomic E-state index is 0.345. The first-order valence-corrected chi connectivity index (χ1v) is 19.5. The van der Waals surface area contributed by atoms with Crippen molar-refractivity contribution in [3.05, 3.63) is 190 Å². The smallest absolute Gasteiger partial charge is 0.200 e. The lowest BCUT2D eigenvalue weighted by molar-refractivity contribution is 0.928. The molecule has 62 heavy (non-hydrogen) atoms. The van der Waals surface area contributed by atoms with E-state index in [9.17, 15) is 10.5 Å². The van der Waals surface area contributed by atoms with Gasteiger partial charge in [0.05, 0.1) is 65.3 Å². The summed E-state index contributed by atoms with van der Waals surface area (Å²) < 4.78 is 4.37. The average molecular weight is 793 g/mol. The van der Waals surface area contributed by atoms with Crippen LogP contribution in [-0.2, 0) is 0 Å². The predicted octanol–water partition coefficient (Wildman–Crippen LogP) is 13.1. The van der Waals surface area contributed by atoms with Crippen LogP contribution in [0.1, 0.15) is 22.8 Å². The van der Waals surface area contributed by atoms with Crippen molar-refractivity contribution in [1.82, 2.24) is 24.1 Å². The number of aromatic nitrogens is 5. The third-order valence-corrected chi connectivity index (χ3v) is 11.3. The fraction of sp³-hybridized carbons (Fsp3) is 0.0385. The lowest BCUT2D eigenvalue weighted by atomic mass is 9.98. The molecule has 0 radical (unpaired) electrons. The van der Waals surface area contributed by atoms with Gasteiger partial charge in [0.2, 0.25) is 0 Å². The molecule has 3 aromatic heterocycles. The molecule has 0 spiro atoms. The molecule has 0 amide bonds. The van der Waals surface area contributed by atoms with Crippen molar-refractivity contribution < 1.29 is 0 Å².